The van der Waals surface area contributed by atoms with Crippen molar-refractivity contribution in [3.8, 4) is 0 Å². The Balaban J connectivity index is 2.02. The van der Waals surface area contributed by atoms with Crippen LogP contribution in [0.2, 0.25) is 0 Å². The summed E-state index contributed by atoms with van der Waals surface area (Å²) >= 11 is 0. The van der Waals surface area contributed by atoms with E-state index in [-0.39, 0.29) is 6.03 Å². The normalized spacial score (nSPS) is 9.83. The highest BCUT2D eigenvalue weighted by Crippen LogP contribution is 2.20. The van der Waals surface area contributed by atoms with Crippen molar-refractivity contribution in [3.05, 3.63) is 54.1 Å². The molecule has 0 heterocycles. The number of urea groups is 1. The van der Waals surface area contributed by atoms with Crippen molar-refractivity contribution in [2.24, 2.45) is 0 Å². The Labute approximate surface area is 134 Å². The fourth-order valence-corrected chi connectivity index (χ4v) is 1.93. The molecule has 0 radical (unpaired) electrons. The minimum atomic E-state index is -0.526. The van der Waals surface area contributed by atoms with Crippen molar-refractivity contribution < 1.29 is 14.3 Å². The monoisotopic (exact) mass is 313 g/mol. The van der Waals surface area contributed by atoms with Gasteiger partial charge in [-0.1, -0.05) is 24.3 Å². The standard InChI is InChI=1S/C17H19N3O3/c1-3-23-17(22)20-15-11-14(10-9-12(15)2)19-16(21)18-13-7-5-4-6-8-13/h4-11H,3H2,1-2H3,(H,20,22)(H2,18,19,21). The lowest BCUT2D eigenvalue weighted by molar-refractivity contribution is 0.168. The minimum absolute atomic E-state index is 0.294. The fraction of sp³-hybridized carbons (Fsp3) is 0.176. The molecule has 6 nitrogen and oxygen atoms in total. The molecule has 0 atom stereocenters. The van der Waals surface area contributed by atoms with Crippen molar-refractivity contribution >= 4 is 29.2 Å². The Morgan fingerprint density at radius 1 is 0.957 bits per heavy atom. The number of carbonyl (C=O) groups is 2. The molecular weight excluding hydrogens is 294 g/mol. The number of hydrogen-bond acceptors (Lipinski definition) is 3. The third kappa shape index (κ3) is 5.03. The molecule has 120 valence electrons. The molecule has 2 rings (SSSR count). The maximum absolute atomic E-state index is 12.0. The Morgan fingerprint density at radius 3 is 2.35 bits per heavy atom. The number of para-hydroxylation sites is 1. The van der Waals surface area contributed by atoms with Crippen LogP contribution in [0.3, 0.4) is 0 Å². The van der Waals surface area contributed by atoms with Crippen molar-refractivity contribution in [2.75, 3.05) is 22.6 Å². The Hall–Kier alpha value is -3.02. The van der Waals surface area contributed by atoms with Crippen LogP contribution in [0.5, 0.6) is 0 Å². The van der Waals surface area contributed by atoms with E-state index in [9.17, 15) is 9.59 Å². The fourth-order valence-electron chi connectivity index (χ4n) is 1.93. The van der Waals surface area contributed by atoms with Gasteiger partial charge in [-0.05, 0) is 43.7 Å². The molecule has 0 aliphatic heterocycles. The molecule has 0 bridgehead atoms. The first kappa shape index (κ1) is 16.4. The second-order valence-corrected chi connectivity index (χ2v) is 4.82. The Kier molecular flexibility index (Phi) is 5.57. The van der Waals surface area contributed by atoms with Gasteiger partial charge in [0.25, 0.3) is 0 Å². The molecule has 0 saturated heterocycles. The van der Waals surface area contributed by atoms with Crippen molar-refractivity contribution in [3.63, 3.8) is 0 Å². The van der Waals surface area contributed by atoms with Crippen LogP contribution >= 0.6 is 0 Å². The summed E-state index contributed by atoms with van der Waals surface area (Å²) in [6, 6.07) is 14.0. The number of amides is 3. The van der Waals surface area contributed by atoms with Gasteiger partial charge in [-0.15, -0.1) is 0 Å². The summed E-state index contributed by atoms with van der Waals surface area (Å²) in [6.45, 7) is 3.88. The van der Waals surface area contributed by atoms with Crippen LogP contribution < -0.4 is 16.0 Å². The second-order valence-electron chi connectivity index (χ2n) is 4.82. The number of benzene rings is 2. The molecule has 0 unspecified atom stereocenters. The number of hydrogen-bond donors (Lipinski definition) is 3. The molecule has 0 fully saturated rings. The molecule has 3 N–H and O–H groups in total. The average Bonchev–Trinajstić information content (AvgIpc) is 2.52. The van der Waals surface area contributed by atoms with Crippen molar-refractivity contribution in [1.29, 1.82) is 0 Å². The molecular formula is C17H19N3O3. The van der Waals surface area contributed by atoms with Crippen molar-refractivity contribution in [1.82, 2.24) is 0 Å². The Morgan fingerprint density at radius 2 is 1.65 bits per heavy atom. The first-order valence-electron chi connectivity index (χ1n) is 7.26. The van der Waals surface area contributed by atoms with Gasteiger partial charge in [-0.25, -0.2) is 9.59 Å². The summed E-state index contributed by atoms with van der Waals surface area (Å²) in [6.07, 6.45) is -0.526. The highest BCUT2D eigenvalue weighted by Gasteiger charge is 2.08. The number of aryl methyl sites for hydroxylation is 1. The van der Waals surface area contributed by atoms with E-state index in [1.165, 1.54) is 0 Å². The van der Waals surface area contributed by atoms with Gasteiger partial charge in [0.2, 0.25) is 0 Å². The third-order valence-electron chi connectivity index (χ3n) is 3.04. The van der Waals surface area contributed by atoms with Crippen LogP contribution in [0, 0.1) is 6.92 Å². The summed E-state index contributed by atoms with van der Waals surface area (Å²) in [5, 5.41) is 8.09. The van der Waals surface area contributed by atoms with E-state index >= 15 is 0 Å². The van der Waals surface area contributed by atoms with Gasteiger partial charge in [0.15, 0.2) is 0 Å². The first-order valence-corrected chi connectivity index (χ1v) is 7.26. The van der Waals surface area contributed by atoms with Gasteiger partial charge in [-0.3, -0.25) is 5.32 Å². The number of carbonyl (C=O) groups excluding carboxylic acids is 2. The van der Waals surface area contributed by atoms with E-state index in [0.29, 0.717) is 23.7 Å². The number of anilines is 3. The molecule has 23 heavy (non-hydrogen) atoms. The van der Waals surface area contributed by atoms with Gasteiger partial charge in [-0.2, -0.15) is 0 Å². The van der Waals surface area contributed by atoms with E-state index in [0.717, 1.165) is 5.56 Å². The maximum atomic E-state index is 12.0. The van der Waals surface area contributed by atoms with Crippen LogP contribution in [-0.4, -0.2) is 18.7 Å². The number of rotatable bonds is 4. The Bertz CT molecular complexity index is 687. The molecule has 0 aliphatic rings. The SMILES string of the molecule is CCOC(=O)Nc1cc(NC(=O)Nc2ccccc2)ccc1C. The number of ether oxygens (including phenoxy) is 1. The summed E-state index contributed by atoms with van der Waals surface area (Å²) < 4.78 is 4.85. The van der Waals surface area contributed by atoms with Gasteiger partial charge in [0.05, 0.1) is 6.61 Å². The zero-order valence-electron chi connectivity index (χ0n) is 13.1. The van der Waals surface area contributed by atoms with Crippen LogP contribution in [-0.2, 0) is 4.74 Å². The molecule has 2 aromatic carbocycles. The zero-order valence-corrected chi connectivity index (χ0v) is 13.1. The molecule has 0 aromatic heterocycles. The number of nitrogens with one attached hydrogen (secondary N) is 3. The van der Waals surface area contributed by atoms with Crippen molar-refractivity contribution in [2.45, 2.75) is 13.8 Å². The van der Waals surface area contributed by atoms with E-state index in [2.05, 4.69) is 16.0 Å². The predicted octanol–water partition coefficient (Wildman–Crippen LogP) is 4.21. The van der Waals surface area contributed by atoms with Gasteiger partial charge >= 0.3 is 12.1 Å². The van der Waals surface area contributed by atoms with E-state index in [1.807, 2.05) is 25.1 Å². The average molecular weight is 313 g/mol. The van der Waals surface area contributed by atoms with E-state index in [4.69, 9.17) is 4.74 Å². The molecule has 0 spiro atoms. The predicted molar refractivity (Wildman–Crippen MR) is 90.9 cm³/mol. The summed E-state index contributed by atoms with van der Waals surface area (Å²) in [7, 11) is 0. The van der Waals surface area contributed by atoms with Gasteiger partial charge in [0.1, 0.15) is 0 Å². The minimum Gasteiger partial charge on any atom is -0.450 e. The maximum Gasteiger partial charge on any atom is 0.411 e. The van der Waals surface area contributed by atoms with E-state index in [1.54, 1.807) is 37.3 Å². The quantitative estimate of drug-likeness (QED) is 0.791. The molecule has 3 amide bonds. The lowest BCUT2D eigenvalue weighted by atomic mass is 10.2. The highest BCUT2D eigenvalue weighted by molar-refractivity contribution is 6.00. The molecule has 2 aromatic rings. The highest BCUT2D eigenvalue weighted by atomic mass is 16.5. The van der Waals surface area contributed by atoms with Crippen LogP contribution in [0.15, 0.2) is 48.5 Å². The summed E-state index contributed by atoms with van der Waals surface area (Å²) in [5.74, 6) is 0. The topological polar surface area (TPSA) is 79.5 Å². The van der Waals surface area contributed by atoms with Gasteiger partial charge in [0, 0.05) is 17.1 Å². The smallest absolute Gasteiger partial charge is 0.411 e. The van der Waals surface area contributed by atoms with E-state index < -0.39 is 6.09 Å². The van der Waals surface area contributed by atoms with Crippen LogP contribution in [0.1, 0.15) is 12.5 Å². The van der Waals surface area contributed by atoms with Crippen LogP contribution in [0.4, 0.5) is 26.7 Å². The largest absolute Gasteiger partial charge is 0.450 e. The molecule has 0 aliphatic carbocycles. The lowest BCUT2D eigenvalue weighted by Gasteiger charge is -2.12. The van der Waals surface area contributed by atoms with Gasteiger partial charge < -0.3 is 15.4 Å². The molecule has 0 saturated carbocycles. The summed E-state index contributed by atoms with van der Waals surface area (Å²) in [5.41, 5.74) is 2.71. The molecule has 6 heteroatoms. The third-order valence-corrected chi connectivity index (χ3v) is 3.04. The second kappa shape index (κ2) is 7.84. The lowest BCUT2D eigenvalue weighted by Crippen LogP contribution is -2.20. The van der Waals surface area contributed by atoms with Crippen LogP contribution in [0.25, 0.3) is 0 Å². The zero-order chi connectivity index (χ0) is 16.7. The summed E-state index contributed by atoms with van der Waals surface area (Å²) in [4.78, 5) is 23.5. The first-order chi connectivity index (χ1) is 11.1.